The van der Waals surface area contributed by atoms with Gasteiger partial charge in [-0.1, -0.05) is 35.9 Å². The van der Waals surface area contributed by atoms with Gasteiger partial charge < -0.3 is 15.2 Å². The molecule has 0 aromatic heterocycles. The van der Waals surface area contributed by atoms with Crippen LogP contribution in [0, 0.1) is 20.8 Å². The number of hydrogen-bond acceptors (Lipinski definition) is 4. The fraction of sp³-hybridized carbons (Fsp3) is 0.240. The third kappa shape index (κ3) is 3.25. The average molecular weight is 387 g/mol. The molecule has 3 aromatic rings. The Morgan fingerprint density at radius 1 is 1.03 bits per heavy atom. The second kappa shape index (κ2) is 7.28. The molecule has 3 aromatic carbocycles. The zero-order valence-corrected chi connectivity index (χ0v) is 17.2. The van der Waals surface area contributed by atoms with Crippen molar-refractivity contribution in [2.24, 2.45) is 0 Å². The lowest BCUT2D eigenvalue weighted by Crippen LogP contribution is -2.15. The summed E-state index contributed by atoms with van der Waals surface area (Å²) in [5, 5.41) is 13.6. The highest BCUT2D eigenvalue weighted by Crippen LogP contribution is 2.47. The number of carbonyl (C=O) groups excluding carboxylic acids is 1. The van der Waals surface area contributed by atoms with Crippen molar-refractivity contribution in [3.05, 3.63) is 70.3 Å². The molecule has 0 saturated carbocycles. The Morgan fingerprint density at radius 2 is 1.76 bits per heavy atom. The van der Waals surface area contributed by atoms with Crippen LogP contribution in [0.3, 0.4) is 0 Å². The number of ether oxygens (including phenoxy) is 1. The summed E-state index contributed by atoms with van der Waals surface area (Å²) < 4.78 is 4.98. The van der Waals surface area contributed by atoms with E-state index >= 15 is 0 Å². The maximum Gasteiger partial charge on any atom is 0.310 e. The van der Waals surface area contributed by atoms with Gasteiger partial charge in [-0.2, -0.15) is 0 Å². The van der Waals surface area contributed by atoms with Gasteiger partial charge in [0.15, 0.2) is 0 Å². The molecular weight excluding hydrogens is 362 g/mol. The van der Waals surface area contributed by atoms with Crippen molar-refractivity contribution in [3.8, 4) is 28.0 Å². The number of anilines is 1. The van der Waals surface area contributed by atoms with Crippen molar-refractivity contribution in [2.45, 2.75) is 33.7 Å². The third-order valence-corrected chi connectivity index (χ3v) is 5.84. The van der Waals surface area contributed by atoms with Gasteiger partial charge in [-0.15, -0.1) is 0 Å². The number of fused-ring (bicyclic) bond motifs is 3. The number of phenols is 1. The van der Waals surface area contributed by atoms with Crippen molar-refractivity contribution < 1.29 is 14.6 Å². The van der Waals surface area contributed by atoms with E-state index in [1.165, 1.54) is 12.7 Å². The fourth-order valence-electron chi connectivity index (χ4n) is 4.31. The zero-order valence-electron chi connectivity index (χ0n) is 17.2. The van der Waals surface area contributed by atoms with Gasteiger partial charge in [-0.05, 0) is 71.8 Å². The molecule has 2 N–H and O–H groups in total. The molecule has 0 aliphatic carbocycles. The molecule has 0 atom stereocenters. The van der Waals surface area contributed by atoms with E-state index in [4.69, 9.17) is 4.74 Å². The van der Waals surface area contributed by atoms with Crippen LogP contribution in [-0.4, -0.2) is 18.2 Å². The molecule has 1 aliphatic heterocycles. The molecule has 0 bridgehead atoms. The van der Waals surface area contributed by atoms with Gasteiger partial charge in [-0.25, -0.2) is 0 Å². The number of hydrogen-bond donors (Lipinski definition) is 2. The first-order valence-electron chi connectivity index (χ1n) is 9.76. The van der Waals surface area contributed by atoms with E-state index in [0.717, 1.165) is 50.2 Å². The van der Waals surface area contributed by atoms with Crippen molar-refractivity contribution in [3.63, 3.8) is 0 Å². The smallest absolute Gasteiger partial charge is 0.310 e. The minimum Gasteiger partial charge on any atom is -0.508 e. The molecule has 4 nitrogen and oxygen atoms in total. The molecule has 0 radical (unpaired) electrons. The predicted octanol–water partition coefficient (Wildman–Crippen LogP) is 5.29. The number of methoxy groups -OCH3 is 1. The van der Waals surface area contributed by atoms with E-state index in [9.17, 15) is 9.90 Å². The molecule has 0 spiro atoms. The highest BCUT2D eigenvalue weighted by molar-refractivity contribution is 5.95. The monoisotopic (exact) mass is 387 g/mol. The summed E-state index contributed by atoms with van der Waals surface area (Å²) in [7, 11) is 1.42. The molecule has 1 aliphatic rings. The minimum atomic E-state index is -0.255. The molecular formula is C25H25NO3. The van der Waals surface area contributed by atoms with Crippen molar-refractivity contribution in [2.75, 3.05) is 12.4 Å². The van der Waals surface area contributed by atoms with E-state index in [2.05, 4.69) is 50.4 Å². The largest absolute Gasteiger partial charge is 0.508 e. The fourth-order valence-corrected chi connectivity index (χ4v) is 4.31. The number of rotatable bonds is 3. The maximum atomic E-state index is 12.2. The summed E-state index contributed by atoms with van der Waals surface area (Å²) in [5.74, 6) is -0.00107. The summed E-state index contributed by atoms with van der Waals surface area (Å²) in [6.07, 6.45) is 0.217. The van der Waals surface area contributed by atoms with Gasteiger partial charge in [-0.3, -0.25) is 4.79 Å². The highest BCUT2D eigenvalue weighted by atomic mass is 16.5. The Hall–Kier alpha value is -3.27. The van der Waals surface area contributed by atoms with Crippen LogP contribution in [0.15, 0.2) is 42.5 Å². The highest BCUT2D eigenvalue weighted by Gasteiger charge is 2.26. The van der Waals surface area contributed by atoms with Crippen LogP contribution in [0.1, 0.15) is 27.8 Å². The predicted molar refractivity (Wildman–Crippen MR) is 116 cm³/mol. The van der Waals surface area contributed by atoms with E-state index in [1.54, 1.807) is 6.07 Å². The van der Waals surface area contributed by atoms with Crippen LogP contribution in [0.2, 0.25) is 0 Å². The summed E-state index contributed by atoms with van der Waals surface area (Å²) >= 11 is 0. The van der Waals surface area contributed by atoms with E-state index in [-0.39, 0.29) is 18.1 Å². The van der Waals surface area contributed by atoms with Crippen LogP contribution in [-0.2, 0) is 22.5 Å². The Labute approximate surface area is 171 Å². The Morgan fingerprint density at radius 3 is 2.45 bits per heavy atom. The molecule has 0 unspecified atom stereocenters. The first kappa shape index (κ1) is 19.1. The first-order chi connectivity index (χ1) is 13.9. The standard InChI is InChI=1S/C25H25NO3/c1-14-5-7-17(8-6-14)23-16(3)24-21-11-19(27)10-9-18(21)13-26-25(24)15(2)20(23)12-22(28)29-4/h5-11,26-27H,12-13H2,1-4H3. The van der Waals surface area contributed by atoms with E-state index < -0.39 is 0 Å². The van der Waals surface area contributed by atoms with Gasteiger partial charge in [0, 0.05) is 17.8 Å². The van der Waals surface area contributed by atoms with Crippen LogP contribution in [0.4, 0.5) is 5.69 Å². The van der Waals surface area contributed by atoms with Crippen molar-refractivity contribution >= 4 is 11.7 Å². The number of aromatic hydroxyl groups is 1. The second-order valence-corrected chi connectivity index (χ2v) is 7.67. The van der Waals surface area contributed by atoms with Crippen LogP contribution in [0.25, 0.3) is 22.3 Å². The van der Waals surface area contributed by atoms with Gasteiger partial charge in [0.2, 0.25) is 0 Å². The molecule has 0 fully saturated rings. The normalized spacial score (nSPS) is 12.0. The summed E-state index contributed by atoms with van der Waals surface area (Å²) in [6, 6.07) is 13.9. The molecule has 1 heterocycles. The molecule has 0 saturated heterocycles. The molecule has 29 heavy (non-hydrogen) atoms. The Balaban J connectivity index is 2.05. The van der Waals surface area contributed by atoms with Gasteiger partial charge in [0.05, 0.1) is 13.5 Å². The lowest BCUT2D eigenvalue weighted by atomic mass is 9.81. The molecule has 4 rings (SSSR count). The molecule has 4 heteroatoms. The average Bonchev–Trinajstić information content (AvgIpc) is 2.72. The van der Waals surface area contributed by atoms with Crippen molar-refractivity contribution in [1.82, 2.24) is 0 Å². The first-order valence-corrected chi connectivity index (χ1v) is 9.76. The number of nitrogens with one attached hydrogen (secondary N) is 1. The van der Waals surface area contributed by atoms with Gasteiger partial charge in [0.25, 0.3) is 0 Å². The number of benzene rings is 3. The van der Waals surface area contributed by atoms with Crippen molar-refractivity contribution in [1.29, 1.82) is 0 Å². The number of carbonyl (C=O) groups is 1. The lowest BCUT2D eigenvalue weighted by Gasteiger charge is -2.29. The third-order valence-electron chi connectivity index (χ3n) is 5.84. The maximum absolute atomic E-state index is 12.2. The van der Waals surface area contributed by atoms with Crippen LogP contribution >= 0.6 is 0 Å². The van der Waals surface area contributed by atoms with Crippen LogP contribution in [0.5, 0.6) is 5.75 Å². The quantitative estimate of drug-likeness (QED) is 0.599. The van der Waals surface area contributed by atoms with E-state index in [0.29, 0.717) is 6.54 Å². The summed E-state index contributed by atoms with van der Waals surface area (Å²) in [6.45, 7) is 6.89. The molecule has 148 valence electrons. The zero-order chi connectivity index (χ0) is 20.7. The Bertz CT molecular complexity index is 1110. The Kier molecular flexibility index (Phi) is 4.79. The minimum absolute atomic E-state index is 0.217. The number of phenolic OH excluding ortho intramolecular Hbond substituents is 1. The lowest BCUT2D eigenvalue weighted by molar-refractivity contribution is -0.139. The van der Waals surface area contributed by atoms with Crippen LogP contribution < -0.4 is 5.32 Å². The number of aryl methyl sites for hydroxylation is 1. The number of esters is 1. The second-order valence-electron chi connectivity index (χ2n) is 7.67. The van der Waals surface area contributed by atoms with Gasteiger partial charge >= 0.3 is 5.97 Å². The SMILES string of the molecule is COC(=O)Cc1c(C)c2c(c(C)c1-c1ccc(C)cc1)-c1cc(O)ccc1CN2. The van der Waals surface area contributed by atoms with Gasteiger partial charge in [0.1, 0.15) is 5.75 Å². The topological polar surface area (TPSA) is 58.6 Å². The summed E-state index contributed by atoms with van der Waals surface area (Å²) in [4.78, 5) is 12.2. The summed E-state index contributed by atoms with van der Waals surface area (Å²) in [5.41, 5.74) is 10.7. The van der Waals surface area contributed by atoms with E-state index in [1.807, 2.05) is 12.1 Å². The molecule has 0 amide bonds.